The average Bonchev–Trinajstić information content (AvgIpc) is 3.59. The molecule has 1 aliphatic carbocycles. The molecule has 1 atom stereocenters. The van der Waals surface area contributed by atoms with Crippen LogP contribution in [0.5, 0.6) is 11.5 Å². The molecule has 0 unspecified atom stereocenters. The van der Waals surface area contributed by atoms with Gasteiger partial charge in [-0.05, 0) is 59.9 Å². The maximum atomic E-state index is 13.7. The van der Waals surface area contributed by atoms with Gasteiger partial charge in [-0.3, -0.25) is 9.59 Å². The minimum atomic E-state index is -0.189. The first-order valence-corrected chi connectivity index (χ1v) is 13.4. The first-order chi connectivity index (χ1) is 17.6. The Labute approximate surface area is 216 Å². The zero-order valence-electron chi connectivity index (χ0n) is 20.6. The summed E-state index contributed by atoms with van der Waals surface area (Å²) < 4.78 is 11.5. The lowest BCUT2D eigenvalue weighted by Crippen LogP contribution is -2.48. The fourth-order valence-corrected chi connectivity index (χ4v) is 5.67. The number of carbonyl (C=O) groups excluding carboxylic acids is 2. The second-order valence-electron chi connectivity index (χ2n) is 9.52. The highest BCUT2D eigenvalue weighted by Crippen LogP contribution is 2.35. The lowest BCUT2D eigenvalue weighted by atomic mass is 10.0. The van der Waals surface area contributed by atoms with Gasteiger partial charge in [-0.15, -0.1) is 11.3 Å². The molecule has 1 aromatic heterocycles. The first kappa shape index (κ1) is 24.4. The molecule has 0 spiro atoms. The normalized spacial score (nSPS) is 16.8. The van der Waals surface area contributed by atoms with Crippen molar-refractivity contribution in [2.45, 2.75) is 31.7 Å². The van der Waals surface area contributed by atoms with E-state index in [1.54, 1.807) is 23.3 Å². The van der Waals surface area contributed by atoms with E-state index >= 15 is 0 Å². The van der Waals surface area contributed by atoms with E-state index in [1.165, 1.54) is 4.88 Å². The molecular weight excluding hydrogens is 472 g/mol. The number of ether oxygens (including phenoxy) is 2. The Morgan fingerprint density at radius 2 is 1.86 bits per heavy atom. The average molecular weight is 505 g/mol. The summed E-state index contributed by atoms with van der Waals surface area (Å²) in [6.07, 6.45) is 3.40. The second kappa shape index (κ2) is 11.2. The van der Waals surface area contributed by atoms with Crippen molar-refractivity contribution >= 4 is 23.2 Å². The molecule has 2 amide bonds. The zero-order valence-corrected chi connectivity index (χ0v) is 21.4. The van der Waals surface area contributed by atoms with E-state index in [0.29, 0.717) is 37.8 Å². The molecule has 1 saturated carbocycles. The molecule has 6 nitrogen and oxygen atoms in total. The van der Waals surface area contributed by atoms with Crippen LogP contribution in [-0.4, -0.2) is 55.0 Å². The van der Waals surface area contributed by atoms with Gasteiger partial charge in [0.2, 0.25) is 11.8 Å². The van der Waals surface area contributed by atoms with Gasteiger partial charge in [-0.1, -0.05) is 36.4 Å². The molecule has 3 aromatic rings. The predicted molar refractivity (Wildman–Crippen MR) is 140 cm³/mol. The minimum Gasteiger partial charge on any atom is -0.497 e. The Morgan fingerprint density at radius 3 is 2.64 bits per heavy atom. The Kier molecular flexibility index (Phi) is 7.56. The molecule has 2 aromatic carbocycles. The number of hydrogen-bond donors (Lipinski definition) is 0. The number of fused-ring (bicyclic) bond motifs is 1. The molecule has 2 aliphatic rings. The molecule has 0 bridgehead atoms. The summed E-state index contributed by atoms with van der Waals surface area (Å²) in [5.41, 5.74) is 2.12. The number of rotatable bonds is 10. The van der Waals surface area contributed by atoms with Crippen LogP contribution in [-0.2, 0) is 22.4 Å². The molecule has 7 heteroatoms. The SMILES string of the molecule is COc1cccc(OC[C@H]2c3ccsc3CCN2C(=O)CN(CC2CC2)C(=O)Cc2ccccc2)c1. The number of amides is 2. The third-order valence-corrected chi connectivity index (χ3v) is 7.91. The summed E-state index contributed by atoms with van der Waals surface area (Å²) >= 11 is 1.73. The van der Waals surface area contributed by atoms with Crippen molar-refractivity contribution < 1.29 is 19.1 Å². The second-order valence-corrected chi connectivity index (χ2v) is 10.5. The van der Waals surface area contributed by atoms with Gasteiger partial charge in [0.05, 0.1) is 26.1 Å². The fraction of sp³-hybridized carbons (Fsp3) is 0.379. The van der Waals surface area contributed by atoms with E-state index in [2.05, 4.69) is 11.4 Å². The van der Waals surface area contributed by atoms with Crippen LogP contribution in [0.2, 0.25) is 0 Å². The van der Waals surface area contributed by atoms with Gasteiger partial charge in [-0.25, -0.2) is 0 Å². The Bertz CT molecular complexity index is 1190. The standard InChI is InChI=1S/C29H32N2O4S/c1-34-23-8-5-9-24(17-23)35-20-26-25-13-15-36-27(25)12-14-31(26)29(33)19-30(18-22-10-11-22)28(32)16-21-6-3-2-4-7-21/h2-9,13,15,17,22,26H,10-12,14,16,18-20H2,1H3/t26-/m0/s1. The maximum absolute atomic E-state index is 13.7. The van der Waals surface area contributed by atoms with Crippen LogP contribution in [0.15, 0.2) is 66.0 Å². The first-order valence-electron chi connectivity index (χ1n) is 12.5. The smallest absolute Gasteiger partial charge is 0.242 e. The number of hydrogen-bond acceptors (Lipinski definition) is 5. The Morgan fingerprint density at radius 1 is 1.06 bits per heavy atom. The van der Waals surface area contributed by atoms with Crippen LogP contribution in [0.4, 0.5) is 0 Å². The van der Waals surface area contributed by atoms with Crippen molar-refractivity contribution in [3.63, 3.8) is 0 Å². The number of benzene rings is 2. The molecule has 188 valence electrons. The quantitative estimate of drug-likeness (QED) is 0.400. The van der Waals surface area contributed by atoms with Crippen molar-refractivity contribution in [1.82, 2.24) is 9.80 Å². The number of methoxy groups -OCH3 is 1. The van der Waals surface area contributed by atoms with Crippen molar-refractivity contribution in [2.75, 3.05) is 33.4 Å². The molecule has 2 heterocycles. The van der Waals surface area contributed by atoms with Crippen LogP contribution in [0.1, 0.15) is 34.9 Å². The Hall–Kier alpha value is -3.32. The predicted octanol–water partition coefficient (Wildman–Crippen LogP) is 4.74. The van der Waals surface area contributed by atoms with Crippen LogP contribution in [0.25, 0.3) is 0 Å². The maximum Gasteiger partial charge on any atom is 0.242 e. The molecule has 1 fully saturated rings. The molecule has 36 heavy (non-hydrogen) atoms. The topological polar surface area (TPSA) is 59.1 Å². The van der Waals surface area contributed by atoms with E-state index < -0.39 is 0 Å². The lowest BCUT2D eigenvalue weighted by molar-refractivity contribution is -0.142. The van der Waals surface area contributed by atoms with Gasteiger partial charge < -0.3 is 19.3 Å². The Balaban J connectivity index is 1.30. The highest BCUT2D eigenvalue weighted by atomic mass is 32.1. The summed E-state index contributed by atoms with van der Waals surface area (Å²) in [4.78, 5) is 31.9. The molecule has 0 N–H and O–H groups in total. The number of nitrogens with zero attached hydrogens (tertiary/aromatic N) is 2. The molecule has 0 saturated heterocycles. The molecular formula is C29H32N2O4S. The highest BCUT2D eigenvalue weighted by molar-refractivity contribution is 7.10. The van der Waals surface area contributed by atoms with E-state index in [0.717, 1.165) is 36.1 Å². The van der Waals surface area contributed by atoms with Gasteiger partial charge in [0.25, 0.3) is 0 Å². The summed E-state index contributed by atoms with van der Waals surface area (Å²) in [5, 5.41) is 2.08. The van der Waals surface area contributed by atoms with Gasteiger partial charge in [-0.2, -0.15) is 0 Å². The van der Waals surface area contributed by atoms with Crippen molar-refractivity contribution in [3.8, 4) is 11.5 Å². The summed E-state index contributed by atoms with van der Waals surface area (Å²) in [6.45, 7) is 1.74. The fourth-order valence-electron chi connectivity index (χ4n) is 4.74. The summed E-state index contributed by atoms with van der Waals surface area (Å²) in [7, 11) is 1.63. The van der Waals surface area contributed by atoms with Crippen LogP contribution in [0, 0.1) is 5.92 Å². The van der Waals surface area contributed by atoms with Crippen LogP contribution in [0.3, 0.4) is 0 Å². The van der Waals surface area contributed by atoms with Crippen molar-refractivity contribution in [3.05, 3.63) is 82.0 Å². The molecule has 5 rings (SSSR count). The molecule has 1 aliphatic heterocycles. The zero-order chi connectivity index (χ0) is 24.9. The van der Waals surface area contributed by atoms with E-state index in [-0.39, 0.29) is 24.4 Å². The van der Waals surface area contributed by atoms with Crippen molar-refractivity contribution in [1.29, 1.82) is 0 Å². The van der Waals surface area contributed by atoms with Gasteiger partial charge in [0, 0.05) is 24.0 Å². The van der Waals surface area contributed by atoms with Crippen LogP contribution < -0.4 is 9.47 Å². The number of carbonyl (C=O) groups is 2. The third-order valence-electron chi connectivity index (χ3n) is 6.92. The van der Waals surface area contributed by atoms with Gasteiger partial charge in [0.1, 0.15) is 18.1 Å². The number of thiophene rings is 1. The highest BCUT2D eigenvalue weighted by Gasteiger charge is 2.35. The minimum absolute atomic E-state index is 0.0128. The van der Waals surface area contributed by atoms with E-state index in [4.69, 9.17) is 9.47 Å². The van der Waals surface area contributed by atoms with Crippen LogP contribution >= 0.6 is 11.3 Å². The van der Waals surface area contributed by atoms with Gasteiger partial charge >= 0.3 is 0 Å². The van der Waals surface area contributed by atoms with Crippen molar-refractivity contribution in [2.24, 2.45) is 5.92 Å². The van der Waals surface area contributed by atoms with Gasteiger partial charge in [0.15, 0.2) is 0 Å². The third kappa shape index (κ3) is 5.90. The monoisotopic (exact) mass is 504 g/mol. The lowest BCUT2D eigenvalue weighted by Gasteiger charge is -2.37. The summed E-state index contributed by atoms with van der Waals surface area (Å²) in [5.74, 6) is 1.94. The largest absolute Gasteiger partial charge is 0.497 e. The summed E-state index contributed by atoms with van der Waals surface area (Å²) in [6, 6.07) is 19.2. The van der Waals surface area contributed by atoms with E-state index in [1.807, 2.05) is 59.5 Å². The molecule has 0 radical (unpaired) electrons. The van der Waals surface area contributed by atoms with E-state index in [9.17, 15) is 9.59 Å².